The number of methoxy groups -OCH3 is 1. The van der Waals surface area contributed by atoms with E-state index >= 15 is 0 Å². The van der Waals surface area contributed by atoms with Crippen molar-refractivity contribution in [1.29, 1.82) is 0 Å². The van der Waals surface area contributed by atoms with Crippen LogP contribution in [0.4, 0.5) is 10.2 Å². The van der Waals surface area contributed by atoms with Crippen molar-refractivity contribution in [1.82, 2.24) is 10.3 Å². The summed E-state index contributed by atoms with van der Waals surface area (Å²) in [7, 11) is 1.55. The van der Waals surface area contributed by atoms with E-state index in [0.717, 1.165) is 18.4 Å². The number of aromatic nitrogens is 1. The first-order valence-electron chi connectivity index (χ1n) is 11.4. The van der Waals surface area contributed by atoms with E-state index in [2.05, 4.69) is 38.3 Å². The third kappa shape index (κ3) is 5.45. The van der Waals surface area contributed by atoms with Crippen molar-refractivity contribution < 1.29 is 14.2 Å². The van der Waals surface area contributed by atoms with Crippen LogP contribution in [0.1, 0.15) is 40.5 Å². The number of hydrogen-bond acceptors (Lipinski definition) is 5. The molecule has 34 heavy (non-hydrogen) atoms. The van der Waals surface area contributed by atoms with Crippen molar-refractivity contribution in [3.05, 3.63) is 59.4 Å². The van der Waals surface area contributed by atoms with Gasteiger partial charge in [0.15, 0.2) is 0 Å². The van der Waals surface area contributed by atoms with Gasteiger partial charge in [0.1, 0.15) is 23.1 Å². The van der Waals surface area contributed by atoms with Crippen LogP contribution in [0.3, 0.4) is 0 Å². The molecule has 0 saturated carbocycles. The number of anilines is 1. The molecule has 0 atom stereocenters. The lowest BCUT2D eigenvalue weighted by atomic mass is 9.79. The van der Waals surface area contributed by atoms with Gasteiger partial charge >= 0.3 is 0 Å². The first-order chi connectivity index (χ1) is 15.9. The van der Waals surface area contributed by atoms with Gasteiger partial charge in [0.25, 0.3) is 0 Å². The number of pyridine rings is 1. The number of rotatable bonds is 5. The quantitative estimate of drug-likeness (QED) is 0.379. The van der Waals surface area contributed by atoms with E-state index in [1.807, 2.05) is 12.1 Å². The lowest BCUT2D eigenvalue weighted by Gasteiger charge is -2.46. The molecular weight excluding hydrogens is 453 g/mol. The first-order valence-corrected chi connectivity index (χ1v) is 11.7. The summed E-state index contributed by atoms with van der Waals surface area (Å²) >= 11 is 5.91. The van der Waals surface area contributed by atoms with Crippen molar-refractivity contribution in [2.45, 2.75) is 57.7 Å². The number of phenols is 1. The Labute approximate surface area is 205 Å². The minimum atomic E-state index is -0.485. The van der Waals surface area contributed by atoms with E-state index in [-0.39, 0.29) is 27.9 Å². The first kappa shape index (κ1) is 24.3. The third-order valence-corrected chi connectivity index (χ3v) is 6.41. The number of ether oxygens (including phenoxy) is 1. The third-order valence-electron chi connectivity index (χ3n) is 6.10. The summed E-state index contributed by atoms with van der Waals surface area (Å²) < 4.78 is 19.5. The summed E-state index contributed by atoms with van der Waals surface area (Å²) in [6, 6.07) is 13.8. The molecule has 3 aromatic rings. The number of halogens is 2. The van der Waals surface area contributed by atoms with Gasteiger partial charge in [-0.25, -0.2) is 9.37 Å². The van der Waals surface area contributed by atoms with Crippen molar-refractivity contribution in [2.24, 2.45) is 0 Å². The van der Waals surface area contributed by atoms with Crippen LogP contribution in [0.15, 0.2) is 48.5 Å². The fraction of sp³-hybridized carbons (Fsp3) is 0.370. The van der Waals surface area contributed by atoms with E-state index in [4.69, 9.17) is 21.3 Å². The summed E-state index contributed by atoms with van der Waals surface area (Å²) in [5, 5.41) is 18.0. The highest BCUT2D eigenvalue weighted by Gasteiger charge is 2.37. The predicted molar refractivity (Wildman–Crippen MR) is 136 cm³/mol. The van der Waals surface area contributed by atoms with Gasteiger partial charge in [-0.05, 0) is 88.1 Å². The van der Waals surface area contributed by atoms with E-state index in [1.165, 1.54) is 6.07 Å². The van der Waals surface area contributed by atoms with Gasteiger partial charge in [-0.3, -0.25) is 0 Å². The monoisotopic (exact) mass is 483 g/mol. The highest BCUT2D eigenvalue weighted by atomic mass is 35.5. The average molecular weight is 484 g/mol. The maximum atomic E-state index is 14.3. The molecule has 0 spiro atoms. The molecule has 1 aliphatic heterocycles. The fourth-order valence-corrected chi connectivity index (χ4v) is 5.19. The van der Waals surface area contributed by atoms with Gasteiger partial charge in [0.05, 0.1) is 17.8 Å². The number of phenolic OH excluding ortho intramolecular Hbond substituents is 1. The van der Waals surface area contributed by atoms with E-state index < -0.39 is 5.82 Å². The van der Waals surface area contributed by atoms with Crippen LogP contribution in [0.5, 0.6) is 11.5 Å². The van der Waals surface area contributed by atoms with Crippen LogP contribution in [-0.2, 0) is 0 Å². The van der Waals surface area contributed by atoms with Crippen molar-refractivity contribution in [3.8, 4) is 33.9 Å². The normalized spacial score (nSPS) is 17.4. The molecule has 1 saturated heterocycles. The number of hydrogen-bond donors (Lipinski definition) is 3. The summed E-state index contributed by atoms with van der Waals surface area (Å²) in [6.45, 7) is 8.79. The molecule has 7 heteroatoms. The standard InChI is InChI=1S/C27H31ClFN3O2/c1-26(2)14-18(15-27(3,4)32-26)30-25-12-17(16-6-9-21(28)22(29)10-16)11-23(31-25)20-8-7-19(34-5)13-24(20)33/h6-13,18,32-33H,14-15H2,1-5H3,(H,30,31). The maximum absolute atomic E-state index is 14.3. The van der Waals surface area contributed by atoms with Gasteiger partial charge in [-0.1, -0.05) is 17.7 Å². The zero-order chi connectivity index (χ0) is 24.7. The second kappa shape index (κ2) is 9.08. The van der Waals surface area contributed by atoms with Gasteiger partial charge in [0, 0.05) is 28.7 Å². The maximum Gasteiger partial charge on any atom is 0.142 e. The topological polar surface area (TPSA) is 66.4 Å². The Morgan fingerprint density at radius 2 is 1.74 bits per heavy atom. The Morgan fingerprint density at radius 1 is 1.03 bits per heavy atom. The molecule has 2 heterocycles. The summed E-state index contributed by atoms with van der Waals surface area (Å²) in [5.74, 6) is 0.786. The smallest absolute Gasteiger partial charge is 0.142 e. The summed E-state index contributed by atoms with van der Waals surface area (Å²) in [4.78, 5) is 4.82. The van der Waals surface area contributed by atoms with Gasteiger partial charge in [0.2, 0.25) is 0 Å². The minimum Gasteiger partial charge on any atom is -0.507 e. The summed E-state index contributed by atoms with van der Waals surface area (Å²) in [6.07, 6.45) is 1.84. The van der Waals surface area contributed by atoms with Crippen LogP contribution >= 0.6 is 11.6 Å². The minimum absolute atomic E-state index is 0.0343. The highest BCUT2D eigenvalue weighted by Crippen LogP contribution is 2.36. The van der Waals surface area contributed by atoms with Gasteiger partial charge < -0.3 is 20.5 Å². The molecule has 0 unspecified atom stereocenters. The van der Waals surface area contributed by atoms with Crippen molar-refractivity contribution in [2.75, 3.05) is 12.4 Å². The summed E-state index contributed by atoms with van der Waals surface area (Å²) in [5.41, 5.74) is 2.51. The molecule has 4 rings (SSSR count). The second-order valence-electron chi connectivity index (χ2n) is 10.3. The van der Waals surface area contributed by atoms with Gasteiger partial charge in [-0.2, -0.15) is 0 Å². The van der Waals surface area contributed by atoms with Crippen LogP contribution in [0.2, 0.25) is 5.02 Å². The van der Waals surface area contributed by atoms with Crippen LogP contribution in [0.25, 0.3) is 22.4 Å². The number of nitrogens with zero attached hydrogens (tertiary/aromatic N) is 1. The average Bonchev–Trinajstić information content (AvgIpc) is 2.73. The highest BCUT2D eigenvalue weighted by molar-refractivity contribution is 6.30. The molecule has 5 nitrogen and oxygen atoms in total. The Hall–Kier alpha value is -2.83. The fourth-order valence-electron chi connectivity index (χ4n) is 5.07. The molecule has 0 aliphatic carbocycles. The SMILES string of the molecule is COc1ccc(-c2cc(-c3ccc(Cl)c(F)c3)cc(NC3CC(C)(C)NC(C)(C)C3)n2)c(O)c1. The number of benzene rings is 2. The Morgan fingerprint density at radius 3 is 2.35 bits per heavy atom. The number of aromatic hydroxyl groups is 1. The molecule has 1 aromatic heterocycles. The lowest BCUT2D eigenvalue weighted by molar-refractivity contribution is 0.170. The molecule has 2 aromatic carbocycles. The van der Waals surface area contributed by atoms with E-state index in [0.29, 0.717) is 28.4 Å². The molecule has 0 amide bonds. The van der Waals surface area contributed by atoms with Gasteiger partial charge in [-0.15, -0.1) is 0 Å². The molecular formula is C27H31ClFN3O2. The largest absolute Gasteiger partial charge is 0.507 e. The second-order valence-corrected chi connectivity index (χ2v) is 10.7. The Bertz CT molecular complexity index is 1200. The molecule has 0 radical (unpaired) electrons. The zero-order valence-corrected chi connectivity index (χ0v) is 20.9. The molecule has 0 bridgehead atoms. The lowest BCUT2D eigenvalue weighted by Crippen LogP contribution is -2.60. The number of piperidine rings is 1. The Kier molecular flexibility index (Phi) is 6.49. The predicted octanol–water partition coefficient (Wildman–Crippen LogP) is 6.64. The molecule has 180 valence electrons. The van der Waals surface area contributed by atoms with Crippen LogP contribution < -0.4 is 15.4 Å². The van der Waals surface area contributed by atoms with Crippen molar-refractivity contribution >= 4 is 17.4 Å². The van der Waals surface area contributed by atoms with E-state index in [1.54, 1.807) is 37.4 Å². The van der Waals surface area contributed by atoms with Crippen LogP contribution in [-0.4, -0.2) is 34.3 Å². The Balaban J connectivity index is 1.78. The van der Waals surface area contributed by atoms with Crippen molar-refractivity contribution in [3.63, 3.8) is 0 Å². The zero-order valence-electron chi connectivity index (χ0n) is 20.2. The molecule has 3 N–H and O–H groups in total. The molecule has 1 aliphatic rings. The van der Waals surface area contributed by atoms with E-state index in [9.17, 15) is 9.50 Å². The number of nitrogens with one attached hydrogen (secondary N) is 2. The van der Waals surface area contributed by atoms with Crippen LogP contribution in [0, 0.1) is 5.82 Å². The molecule has 1 fully saturated rings.